The SMILES string of the molecule is COc1ccc(CN2C(=O)[C@@H]3C[C@H]2C[C@H]3OCc2c(-c3c(F)cccc3C(C)C)noc2C2CC2)cc1. The van der Waals surface area contributed by atoms with Gasteiger partial charge in [0.2, 0.25) is 5.91 Å². The van der Waals surface area contributed by atoms with E-state index < -0.39 is 0 Å². The average Bonchev–Trinajstić information content (AvgIpc) is 3.41. The molecule has 2 bridgehead atoms. The van der Waals surface area contributed by atoms with Crippen LogP contribution in [0.3, 0.4) is 0 Å². The van der Waals surface area contributed by atoms with Gasteiger partial charge in [0.1, 0.15) is 23.0 Å². The lowest BCUT2D eigenvalue weighted by Crippen LogP contribution is -2.42. The first-order chi connectivity index (χ1) is 17.9. The number of methoxy groups -OCH3 is 1. The van der Waals surface area contributed by atoms with E-state index in [0.29, 0.717) is 23.7 Å². The summed E-state index contributed by atoms with van der Waals surface area (Å²) in [5.41, 5.74) is 3.87. The minimum Gasteiger partial charge on any atom is -0.497 e. The summed E-state index contributed by atoms with van der Waals surface area (Å²) < 4.78 is 32.5. The highest BCUT2D eigenvalue weighted by atomic mass is 19.1. The number of benzene rings is 2. The first-order valence-corrected chi connectivity index (χ1v) is 13.3. The van der Waals surface area contributed by atoms with Crippen molar-refractivity contribution in [1.29, 1.82) is 0 Å². The summed E-state index contributed by atoms with van der Waals surface area (Å²) in [5, 5.41) is 4.35. The van der Waals surface area contributed by atoms with E-state index in [1.807, 2.05) is 35.2 Å². The van der Waals surface area contributed by atoms with Crippen molar-refractivity contribution in [2.75, 3.05) is 7.11 Å². The zero-order chi connectivity index (χ0) is 25.7. The van der Waals surface area contributed by atoms with Gasteiger partial charge in [0.15, 0.2) is 0 Å². The van der Waals surface area contributed by atoms with Gasteiger partial charge in [-0.1, -0.05) is 43.3 Å². The summed E-state index contributed by atoms with van der Waals surface area (Å²) in [7, 11) is 1.65. The van der Waals surface area contributed by atoms with Crippen LogP contribution in [0.15, 0.2) is 47.0 Å². The molecule has 0 spiro atoms. The molecule has 2 saturated carbocycles. The van der Waals surface area contributed by atoms with Crippen LogP contribution in [-0.4, -0.2) is 35.2 Å². The van der Waals surface area contributed by atoms with Crippen LogP contribution in [0.1, 0.15) is 73.8 Å². The fraction of sp³-hybridized carbons (Fsp3) is 0.467. The number of hydrogen-bond acceptors (Lipinski definition) is 5. The normalized spacial score (nSPS) is 22.9. The summed E-state index contributed by atoms with van der Waals surface area (Å²) in [5.74, 6) is 1.78. The molecule has 1 saturated heterocycles. The zero-order valence-corrected chi connectivity index (χ0v) is 21.6. The number of nitrogens with zero attached hydrogens (tertiary/aromatic N) is 2. The van der Waals surface area contributed by atoms with Crippen molar-refractivity contribution < 1.29 is 23.2 Å². The highest BCUT2D eigenvalue weighted by Gasteiger charge is 2.51. The molecule has 2 aromatic carbocycles. The van der Waals surface area contributed by atoms with E-state index in [1.54, 1.807) is 13.2 Å². The molecule has 6 nitrogen and oxygen atoms in total. The first-order valence-electron chi connectivity index (χ1n) is 13.3. The molecule has 2 heterocycles. The van der Waals surface area contributed by atoms with Crippen LogP contribution < -0.4 is 4.74 Å². The summed E-state index contributed by atoms with van der Waals surface area (Å²) in [4.78, 5) is 15.2. The number of likely N-dealkylation sites (tertiary alicyclic amines) is 1. The molecule has 6 rings (SSSR count). The number of hydrogen-bond donors (Lipinski definition) is 0. The predicted molar refractivity (Wildman–Crippen MR) is 137 cm³/mol. The Kier molecular flexibility index (Phi) is 6.27. The van der Waals surface area contributed by atoms with Gasteiger partial charge in [-0.3, -0.25) is 4.79 Å². The number of fused-ring (bicyclic) bond motifs is 2. The quantitative estimate of drug-likeness (QED) is 0.347. The van der Waals surface area contributed by atoms with E-state index in [1.165, 1.54) is 6.07 Å². The number of amides is 1. The summed E-state index contributed by atoms with van der Waals surface area (Å²) >= 11 is 0. The molecule has 2 aliphatic carbocycles. The molecule has 3 aromatic rings. The molecular formula is C30H33FN2O4. The molecule has 3 aliphatic rings. The fourth-order valence-electron chi connectivity index (χ4n) is 5.99. The van der Waals surface area contributed by atoms with Crippen LogP contribution in [0.2, 0.25) is 0 Å². The zero-order valence-electron chi connectivity index (χ0n) is 21.6. The monoisotopic (exact) mass is 504 g/mol. The molecule has 1 aromatic heterocycles. The third kappa shape index (κ3) is 4.43. The summed E-state index contributed by atoms with van der Waals surface area (Å²) in [6, 6.07) is 13.2. The summed E-state index contributed by atoms with van der Waals surface area (Å²) in [6.45, 7) is 4.98. The van der Waals surface area contributed by atoms with Crippen LogP contribution in [0.4, 0.5) is 4.39 Å². The van der Waals surface area contributed by atoms with Crippen LogP contribution in [0, 0.1) is 11.7 Å². The van der Waals surface area contributed by atoms with E-state index >= 15 is 4.39 Å². The number of rotatable bonds is 9. The van der Waals surface area contributed by atoms with Crippen molar-refractivity contribution in [1.82, 2.24) is 10.1 Å². The standard InChI is InChI=1S/C30H33FN2O4/c1-17(2)22-5-4-6-25(31)27(22)28-24(29(37-32-28)19-9-10-19)16-36-26-14-20-13-23(26)30(34)33(20)15-18-7-11-21(35-3)12-8-18/h4-8,11-12,17,19-20,23,26H,9-10,13-16H2,1-3H3/t20-,23+,26+/m0/s1. The lowest BCUT2D eigenvalue weighted by Gasteiger charge is -2.31. The van der Waals surface area contributed by atoms with Gasteiger partial charge in [0.05, 0.1) is 25.7 Å². The van der Waals surface area contributed by atoms with Gasteiger partial charge >= 0.3 is 0 Å². The number of piperidine rings is 1. The lowest BCUT2D eigenvalue weighted by molar-refractivity contribution is -0.141. The second-order valence-electron chi connectivity index (χ2n) is 10.9. The molecule has 0 unspecified atom stereocenters. The molecule has 194 valence electrons. The van der Waals surface area contributed by atoms with E-state index in [9.17, 15) is 4.79 Å². The highest BCUT2D eigenvalue weighted by molar-refractivity contribution is 5.83. The second-order valence-corrected chi connectivity index (χ2v) is 10.9. The van der Waals surface area contributed by atoms with Gasteiger partial charge < -0.3 is 18.9 Å². The van der Waals surface area contributed by atoms with E-state index in [0.717, 1.165) is 53.9 Å². The number of ether oxygens (including phenoxy) is 2. The van der Waals surface area contributed by atoms with Crippen molar-refractivity contribution in [2.24, 2.45) is 5.92 Å². The van der Waals surface area contributed by atoms with Gasteiger partial charge in [0, 0.05) is 29.6 Å². The molecule has 0 N–H and O–H groups in total. The maximum atomic E-state index is 15.1. The number of carbonyl (C=O) groups is 1. The number of aromatic nitrogens is 1. The number of carbonyl (C=O) groups excluding carboxylic acids is 1. The third-order valence-corrected chi connectivity index (χ3v) is 8.15. The molecule has 0 radical (unpaired) electrons. The van der Waals surface area contributed by atoms with Crippen molar-refractivity contribution in [3.05, 3.63) is 70.7 Å². The van der Waals surface area contributed by atoms with Crippen LogP contribution in [-0.2, 0) is 22.7 Å². The van der Waals surface area contributed by atoms with E-state index in [-0.39, 0.29) is 42.3 Å². The lowest BCUT2D eigenvalue weighted by atomic mass is 9.92. The Morgan fingerprint density at radius 2 is 1.92 bits per heavy atom. The largest absolute Gasteiger partial charge is 0.497 e. The van der Waals surface area contributed by atoms with Crippen molar-refractivity contribution in [2.45, 2.75) is 76.7 Å². The average molecular weight is 505 g/mol. The Morgan fingerprint density at radius 1 is 1.14 bits per heavy atom. The fourth-order valence-corrected chi connectivity index (χ4v) is 5.99. The van der Waals surface area contributed by atoms with Gasteiger partial charge in [0.25, 0.3) is 0 Å². The first kappa shape index (κ1) is 24.2. The molecule has 37 heavy (non-hydrogen) atoms. The molecule has 1 aliphatic heterocycles. The molecular weight excluding hydrogens is 471 g/mol. The molecule has 3 fully saturated rings. The number of halogens is 1. The minimum absolute atomic E-state index is 0.139. The minimum atomic E-state index is -0.299. The van der Waals surface area contributed by atoms with Crippen molar-refractivity contribution in [3.8, 4) is 17.0 Å². The van der Waals surface area contributed by atoms with Crippen LogP contribution in [0.5, 0.6) is 5.75 Å². The van der Waals surface area contributed by atoms with Gasteiger partial charge in [-0.2, -0.15) is 0 Å². The van der Waals surface area contributed by atoms with E-state index in [4.69, 9.17) is 14.0 Å². The Bertz CT molecular complexity index is 1300. The highest BCUT2D eigenvalue weighted by Crippen LogP contribution is 2.47. The van der Waals surface area contributed by atoms with Crippen molar-refractivity contribution >= 4 is 5.91 Å². The maximum absolute atomic E-state index is 15.1. The Labute approximate surface area is 216 Å². The maximum Gasteiger partial charge on any atom is 0.228 e. The van der Waals surface area contributed by atoms with Crippen LogP contribution >= 0.6 is 0 Å². The van der Waals surface area contributed by atoms with E-state index in [2.05, 4.69) is 19.0 Å². The molecule has 3 atom stereocenters. The summed E-state index contributed by atoms with van der Waals surface area (Å²) in [6.07, 6.45) is 3.56. The molecule has 7 heteroatoms. The smallest absolute Gasteiger partial charge is 0.228 e. The van der Waals surface area contributed by atoms with Crippen molar-refractivity contribution in [3.63, 3.8) is 0 Å². The Balaban J connectivity index is 1.19. The topological polar surface area (TPSA) is 64.8 Å². The Morgan fingerprint density at radius 3 is 2.59 bits per heavy atom. The van der Waals surface area contributed by atoms with Gasteiger partial charge in [-0.05, 0) is 60.9 Å². The molecule has 1 amide bonds. The second kappa shape index (κ2) is 9.60. The van der Waals surface area contributed by atoms with Gasteiger partial charge in [-0.25, -0.2) is 4.39 Å². The van der Waals surface area contributed by atoms with Gasteiger partial charge in [-0.15, -0.1) is 0 Å². The van der Waals surface area contributed by atoms with Crippen LogP contribution in [0.25, 0.3) is 11.3 Å². The predicted octanol–water partition coefficient (Wildman–Crippen LogP) is 6.20. The third-order valence-electron chi connectivity index (χ3n) is 8.15. The Hall–Kier alpha value is -3.19.